The molecular weight excluding hydrogens is 426 g/mol. The van der Waals surface area contributed by atoms with Gasteiger partial charge in [-0.25, -0.2) is 4.99 Å². The number of hydrogen-bond donors (Lipinski definition) is 5. The molecule has 1 atom stereocenters. The summed E-state index contributed by atoms with van der Waals surface area (Å²) in [4.78, 5) is 52.0. The molecule has 0 heterocycles. The number of guanidine groups is 1. The van der Waals surface area contributed by atoms with E-state index >= 15 is 0 Å². The minimum absolute atomic E-state index is 0.174. The Morgan fingerprint density at radius 2 is 1.71 bits per heavy atom. The maximum atomic E-state index is 12.6. The number of benzene rings is 2. The molecule has 0 spiro atoms. The van der Waals surface area contributed by atoms with Crippen LogP contribution in [0.1, 0.15) is 27.1 Å². The highest BCUT2D eigenvalue weighted by Crippen LogP contribution is 2.14. The maximum absolute atomic E-state index is 12.6. The zero-order chi connectivity index (χ0) is 23.0. The Balaban J connectivity index is 2.01. The maximum Gasteiger partial charge on any atom is 0.305 e. The van der Waals surface area contributed by atoms with Crippen LogP contribution in [-0.2, 0) is 9.59 Å². The molecule has 0 fully saturated rings. The largest absolute Gasteiger partial charge is 0.481 e. The van der Waals surface area contributed by atoms with Crippen molar-refractivity contribution in [2.24, 2.45) is 16.5 Å². The molecule has 162 valence electrons. The summed E-state index contributed by atoms with van der Waals surface area (Å²) in [6.45, 7) is -0.477. The lowest BCUT2D eigenvalue weighted by Crippen LogP contribution is -2.46. The van der Waals surface area contributed by atoms with Crippen LogP contribution in [0.4, 0.5) is 5.69 Å². The summed E-state index contributed by atoms with van der Waals surface area (Å²) in [5.74, 6) is -3.35. The van der Waals surface area contributed by atoms with Crippen LogP contribution >= 0.6 is 11.6 Å². The van der Waals surface area contributed by atoms with E-state index in [0.29, 0.717) is 10.7 Å². The number of aliphatic carboxylic acids is 1. The van der Waals surface area contributed by atoms with Crippen LogP contribution in [0.3, 0.4) is 0 Å². The third kappa shape index (κ3) is 7.44. The molecule has 10 nitrogen and oxygen atoms in total. The molecule has 0 radical (unpaired) electrons. The number of carboxylic acid groups (broad SMARTS) is 1. The number of hydrogen-bond acceptors (Lipinski definition) is 5. The summed E-state index contributed by atoms with van der Waals surface area (Å²) >= 11 is 5.79. The molecule has 0 saturated heterocycles. The van der Waals surface area contributed by atoms with Gasteiger partial charge in [-0.05, 0) is 42.5 Å². The van der Waals surface area contributed by atoms with Crippen molar-refractivity contribution in [3.63, 3.8) is 0 Å². The van der Waals surface area contributed by atoms with E-state index in [1.165, 1.54) is 36.4 Å². The monoisotopic (exact) mass is 445 g/mol. The first-order valence-electron chi connectivity index (χ1n) is 8.94. The topological polar surface area (TPSA) is 177 Å². The first kappa shape index (κ1) is 23.4. The van der Waals surface area contributed by atoms with Crippen molar-refractivity contribution in [2.75, 3.05) is 6.54 Å². The highest BCUT2D eigenvalue weighted by atomic mass is 35.5. The molecule has 2 amide bonds. The Labute approximate surface area is 182 Å². The summed E-state index contributed by atoms with van der Waals surface area (Å²) in [5, 5.41) is 14.2. The fraction of sp³-hybridized carbons (Fsp3) is 0.150. The van der Waals surface area contributed by atoms with Crippen LogP contribution in [0.5, 0.6) is 0 Å². The standard InChI is InChI=1S/C20H20ClN5O5/c21-13-6-4-11(5-7-13)18(30)15(9-17(28)29)26-16(27)10-24-19(31)12-2-1-3-14(8-12)25-20(22)23/h1-8,15H,9-10H2,(H,24,31)(H,26,27)(H,28,29)(H4,22,23,25). The fourth-order valence-electron chi connectivity index (χ4n) is 2.57. The zero-order valence-electron chi connectivity index (χ0n) is 16.2. The molecule has 0 aliphatic carbocycles. The lowest BCUT2D eigenvalue weighted by molar-refractivity contribution is -0.137. The minimum Gasteiger partial charge on any atom is -0.481 e. The van der Waals surface area contributed by atoms with Gasteiger partial charge >= 0.3 is 5.97 Å². The molecule has 0 aliphatic rings. The van der Waals surface area contributed by atoms with E-state index in [9.17, 15) is 19.2 Å². The smallest absolute Gasteiger partial charge is 0.305 e. The number of carboxylic acids is 1. The molecule has 0 saturated carbocycles. The van der Waals surface area contributed by atoms with Crippen LogP contribution in [0.25, 0.3) is 0 Å². The molecule has 31 heavy (non-hydrogen) atoms. The summed E-state index contributed by atoms with van der Waals surface area (Å²) in [5.41, 5.74) is 11.4. The number of ketones is 1. The summed E-state index contributed by atoms with van der Waals surface area (Å²) in [6, 6.07) is 10.6. The van der Waals surface area contributed by atoms with Crippen LogP contribution < -0.4 is 22.1 Å². The van der Waals surface area contributed by atoms with Crippen LogP contribution in [0, 0.1) is 0 Å². The van der Waals surface area contributed by atoms with Crippen LogP contribution in [-0.4, -0.2) is 47.2 Å². The highest BCUT2D eigenvalue weighted by molar-refractivity contribution is 6.30. The van der Waals surface area contributed by atoms with Crippen molar-refractivity contribution in [1.82, 2.24) is 10.6 Å². The second kappa shape index (κ2) is 10.7. The van der Waals surface area contributed by atoms with Crippen molar-refractivity contribution in [3.05, 3.63) is 64.7 Å². The number of nitrogens with zero attached hydrogens (tertiary/aromatic N) is 1. The van der Waals surface area contributed by atoms with Gasteiger partial charge in [-0.2, -0.15) is 0 Å². The minimum atomic E-state index is -1.31. The molecule has 11 heteroatoms. The Kier molecular flexibility index (Phi) is 8.09. The summed E-state index contributed by atoms with van der Waals surface area (Å²) in [7, 11) is 0. The van der Waals surface area contributed by atoms with Gasteiger partial charge in [-0.15, -0.1) is 0 Å². The number of halogens is 1. The van der Waals surface area contributed by atoms with Crippen molar-refractivity contribution < 1.29 is 24.3 Å². The quantitative estimate of drug-likeness (QED) is 0.215. The zero-order valence-corrected chi connectivity index (χ0v) is 16.9. The van der Waals surface area contributed by atoms with E-state index < -0.39 is 42.6 Å². The van der Waals surface area contributed by atoms with Gasteiger partial charge in [0.2, 0.25) is 5.91 Å². The molecule has 1 unspecified atom stereocenters. The van der Waals surface area contributed by atoms with Gasteiger partial charge in [0.1, 0.15) is 6.04 Å². The predicted molar refractivity (Wildman–Crippen MR) is 114 cm³/mol. The van der Waals surface area contributed by atoms with Crippen molar-refractivity contribution in [1.29, 1.82) is 0 Å². The first-order chi connectivity index (χ1) is 14.7. The molecule has 0 aliphatic heterocycles. The molecule has 2 aromatic rings. The highest BCUT2D eigenvalue weighted by Gasteiger charge is 2.25. The van der Waals surface area contributed by atoms with Gasteiger partial charge in [0.25, 0.3) is 5.91 Å². The lowest BCUT2D eigenvalue weighted by Gasteiger charge is -2.16. The van der Waals surface area contributed by atoms with Gasteiger partial charge in [0.15, 0.2) is 11.7 Å². The van der Waals surface area contributed by atoms with E-state index in [-0.39, 0.29) is 17.1 Å². The van der Waals surface area contributed by atoms with Crippen LogP contribution in [0.15, 0.2) is 53.5 Å². The average molecular weight is 446 g/mol. The Hall–Kier alpha value is -3.92. The Morgan fingerprint density at radius 3 is 2.32 bits per heavy atom. The van der Waals surface area contributed by atoms with E-state index in [4.69, 9.17) is 28.2 Å². The Morgan fingerprint density at radius 1 is 1.03 bits per heavy atom. The second-order valence-corrected chi connectivity index (χ2v) is 6.80. The number of nitrogens with two attached hydrogens (primary N) is 2. The SMILES string of the molecule is NC(N)=Nc1cccc(C(=O)NCC(=O)NC(CC(=O)O)C(=O)c2ccc(Cl)cc2)c1. The lowest BCUT2D eigenvalue weighted by atomic mass is 10.0. The van der Waals surface area contributed by atoms with E-state index in [1.54, 1.807) is 12.1 Å². The van der Waals surface area contributed by atoms with Crippen molar-refractivity contribution in [2.45, 2.75) is 12.5 Å². The number of carbonyl (C=O) groups excluding carboxylic acids is 3. The van der Waals surface area contributed by atoms with Gasteiger partial charge in [-0.3, -0.25) is 19.2 Å². The molecule has 0 aromatic heterocycles. The van der Waals surface area contributed by atoms with Gasteiger partial charge in [0.05, 0.1) is 18.7 Å². The van der Waals surface area contributed by atoms with E-state index in [1.807, 2.05) is 0 Å². The van der Waals surface area contributed by atoms with E-state index in [2.05, 4.69) is 15.6 Å². The van der Waals surface area contributed by atoms with Crippen LogP contribution in [0.2, 0.25) is 5.02 Å². The average Bonchev–Trinajstić information content (AvgIpc) is 2.71. The van der Waals surface area contributed by atoms with Gasteiger partial charge in [-0.1, -0.05) is 17.7 Å². The number of amides is 2. The number of aliphatic imine (C=N–C) groups is 1. The van der Waals surface area contributed by atoms with Crippen molar-refractivity contribution in [3.8, 4) is 0 Å². The van der Waals surface area contributed by atoms with Gasteiger partial charge in [0, 0.05) is 16.1 Å². The number of Topliss-reactive ketones (excluding diaryl/α,β-unsaturated/α-hetero) is 1. The normalized spacial score (nSPS) is 11.1. The number of carbonyl (C=O) groups is 4. The van der Waals surface area contributed by atoms with Crippen molar-refractivity contribution >= 4 is 46.8 Å². The summed E-state index contributed by atoms with van der Waals surface area (Å²) in [6.07, 6.45) is -0.623. The third-order valence-electron chi connectivity index (χ3n) is 3.94. The van der Waals surface area contributed by atoms with Gasteiger partial charge < -0.3 is 27.2 Å². The van der Waals surface area contributed by atoms with E-state index in [0.717, 1.165) is 0 Å². The second-order valence-electron chi connectivity index (χ2n) is 6.36. The Bertz CT molecular complexity index is 1020. The number of rotatable bonds is 9. The first-order valence-corrected chi connectivity index (χ1v) is 9.32. The predicted octanol–water partition coefficient (Wildman–Crippen LogP) is 0.817. The molecular formula is C20H20ClN5O5. The fourth-order valence-corrected chi connectivity index (χ4v) is 2.70. The molecule has 0 bridgehead atoms. The molecule has 7 N–H and O–H groups in total. The summed E-state index contributed by atoms with van der Waals surface area (Å²) < 4.78 is 0. The third-order valence-corrected chi connectivity index (χ3v) is 4.19. The number of nitrogens with one attached hydrogen (secondary N) is 2. The molecule has 2 rings (SSSR count). The molecule has 2 aromatic carbocycles.